The number of carbonyl (C=O) groups is 2. The standard InChI is InChI=1S/C15H21N3O3/c1-4-6-12-14(19)16-10(2)15(20)18(12)9-11-7-5-8-13(17-11)21-3/h5,7-8,10,12H,4,6,9H2,1-3H3,(H,16,19). The highest BCUT2D eigenvalue weighted by molar-refractivity contribution is 5.96. The van der Waals surface area contributed by atoms with Crippen molar-refractivity contribution in [2.45, 2.75) is 45.3 Å². The number of aromatic nitrogens is 1. The number of carbonyl (C=O) groups excluding carboxylic acids is 2. The lowest BCUT2D eigenvalue weighted by Gasteiger charge is -2.37. The summed E-state index contributed by atoms with van der Waals surface area (Å²) in [5.41, 5.74) is 0.714. The van der Waals surface area contributed by atoms with Gasteiger partial charge in [0.25, 0.3) is 0 Å². The molecule has 1 saturated heterocycles. The smallest absolute Gasteiger partial charge is 0.245 e. The third kappa shape index (κ3) is 3.32. The van der Waals surface area contributed by atoms with E-state index in [0.29, 0.717) is 24.5 Å². The molecule has 0 radical (unpaired) electrons. The van der Waals surface area contributed by atoms with Crippen LogP contribution in [0.1, 0.15) is 32.4 Å². The molecular weight excluding hydrogens is 270 g/mol. The van der Waals surface area contributed by atoms with Crippen LogP contribution in [0, 0.1) is 0 Å². The maximum Gasteiger partial charge on any atom is 0.245 e. The van der Waals surface area contributed by atoms with Gasteiger partial charge in [0, 0.05) is 6.07 Å². The highest BCUT2D eigenvalue weighted by atomic mass is 16.5. The zero-order valence-corrected chi connectivity index (χ0v) is 12.6. The minimum Gasteiger partial charge on any atom is -0.481 e. The molecule has 1 N–H and O–H groups in total. The second-order valence-electron chi connectivity index (χ2n) is 5.17. The average molecular weight is 291 g/mol. The Morgan fingerprint density at radius 1 is 1.38 bits per heavy atom. The van der Waals surface area contributed by atoms with Crippen molar-refractivity contribution in [2.24, 2.45) is 0 Å². The molecule has 114 valence electrons. The van der Waals surface area contributed by atoms with Crippen molar-refractivity contribution in [2.75, 3.05) is 7.11 Å². The van der Waals surface area contributed by atoms with Crippen LogP contribution in [0.5, 0.6) is 5.88 Å². The van der Waals surface area contributed by atoms with Crippen LogP contribution >= 0.6 is 0 Å². The molecule has 21 heavy (non-hydrogen) atoms. The SMILES string of the molecule is CCCC1C(=O)NC(C)C(=O)N1Cc1cccc(OC)n1. The van der Waals surface area contributed by atoms with Crippen molar-refractivity contribution in [3.8, 4) is 5.88 Å². The lowest BCUT2D eigenvalue weighted by molar-refractivity contribution is -0.149. The van der Waals surface area contributed by atoms with Crippen LogP contribution in [0.25, 0.3) is 0 Å². The molecule has 2 rings (SSSR count). The molecule has 1 aliphatic heterocycles. The fourth-order valence-electron chi connectivity index (χ4n) is 2.50. The molecule has 1 aliphatic rings. The van der Waals surface area contributed by atoms with E-state index in [1.807, 2.05) is 19.1 Å². The second-order valence-corrected chi connectivity index (χ2v) is 5.17. The first kappa shape index (κ1) is 15.3. The first-order valence-corrected chi connectivity index (χ1v) is 7.17. The van der Waals surface area contributed by atoms with Gasteiger partial charge in [-0.25, -0.2) is 4.98 Å². The number of nitrogens with zero attached hydrogens (tertiary/aromatic N) is 2. The first-order chi connectivity index (χ1) is 10.1. The van der Waals surface area contributed by atoms with Gasteiger partial charge in [0.05, 0.1) is 19.3 Å². The van der Waals surface area contributed by atoms with E-state index in [0.717, 1.165) is 6.42 Å². The summed E-state index contributed by atoms with van der Waals surface area (Å²) in [5.74, 6) is 0.339. The minimum absolute atomic E-state index is 0.0716. The number of hydrogen-bond acceptors (Lipinski definition) is 4. The molecule has 6 nitrogen and oxygen atoms in total. The lowest BCUT2D eigenvalue weighted by atomic mass is 10.0. The summed E-state index contributed by atoms with van der Waals surface area (Å²) in [5, 5.41) is 2.73. The Bertz CT molecular complexity index is 533. The highest BCUT2D eigenvalue weighted by Gasteiger charge is 2.37. The van der Waals surface area contributed by atoms with Gasteiger partial charge in [0.2, 0.25) is 17.7 Å². The zero-order valence-electron chi connectivity index (χ0n) is 12.6. The van der Waals surface area contributed by atoms with Gasteiger partial charge < -0.3 is 15.0 Å². The lowest BCUT2D eigenvalue weighted by Crippen LogP contribution is -2.61. The quantitative estimate of drug-likeness (QED) is 0.882. The van der Waals surface area contributed by atoms with E-state index in [9.17, 15) is 9.59 Å². The van der Waals surface area contributed by atoms with E-state index >= 15 is 0 Å². The van der Waals surface area contributed by atoms with Crippen molar-refractivity contribution in [3.63, 3.8) is 0 Å². The summed E-state index contributed by atoms with van der Waals surface area (Å²) in [7, 11) is 1.55. The summed E-state index contributed by atoms with van der Waals surface area (Å²) in [6, 6.07) is 4.49. The van der Waals surface area contributed by atoms with E-state index in [1.54, 1.807) is 25.0 Å². The first-order valence-electron chi connectivity index (χ1n) is 7.17. The number of piperazine rings is 1. The molecule has 0 spiro atoms. The molecule has 1 aromatic rings. The van der Waals surface area contributed by atoms with Gasteiger partial charge in [0.15, 0.2) is 0 Å². The molecule has 0 aromatic carbocycles. The Morgan fingerprint density at radius 2 is 2.14 bits per heavy atom. The fraction of sp³-hybridized carbons (Fsp3) is 0.533. The van der Waals surface area contributed by atoms with Gasteiger partial charge in [-0.05, 0) is 19.4 Å². The number of methoxy groups -OCH3 is 1. The van der Waals surface area contributed by atoms with E-state index in [1.165, 1.54) is 0 Å². The van der Waals surface area contributed by atoms with E-state index in [4.69, 9.17) is 4.74 Å². The fourth-order valence-corrected chi connectivity index (χ4v) is 2.50. The van der Waals surface area contributed by atoms with Gasteiger partial charge in [0.1, 0.15) is 12.1 Å². The molecule has 6 heteroatoms. The van der Waals surface area contributed by atoms with Gasteiger partial charge in [-0.1, -0.05) is 19.4 Å². The van der Waals surface area contributed by atoms with E-state index < -0.39 is 12.1 Å². The van der Waals surface area contributed by atoms with Gasteiger partial charge >= 0.3 is 0 Å². The molecule has 2 heterocycles. The Hall–Kier alpha value is -2.11. The topological polar surface area (TPSA) is 71.5 Å². The number of hydrogen-bond donors (Lipinski definition) is 1. The number of ether oxygens (including phenoxy) is 1. The summed E-state index contributed by atoms with van der Waals surface area (Å²) >= 11 is 0. The van der Waals surface area contributed by atoms with Crippen LogP contribution in [0.3, 0.4) is 0 Å². The third-order valence-corrected chi connectivity index (χ3v) is 3.58. The second kappa shape index (κ2) is 6.56. The van der Waals surface area contributed by atoms with Crippen LogP contribution in [-0.4, -0.2) is 40.9 Å². The van der Waals surface area contributed by atoms with E-state index in [-0.39, 0.29) is 11.8 Å². The normalized spacial score (nSPS) is 22.1. The highest BCUT2D eigenvalue weighted by Crippen LogP contribution is 2.18. The predicted octanol–water partition coefficient (Wildman–Crippen LogP) is 1.11. The Balaban J connectivity index is 2.23. The molecule has 2 atom stereocenters. The average Bonchev–Trinajstić information content (AvgIpc) is 2.48. The molecule has 0 bridgehead atoms. The molecule has 0 aliphatic carbocycles. The van der Waals surface area contributed by atoms with Crippen LogP contribution < -0.4 is 10.1 Å². The summed E-state index contributed by atoms with van der Waals surface area (Å²) in [6.07, 6.45) is 1.48. The van der Waals surface area contributed by atoms with Crippen LogP contribution in [0.4, 0.5) is 0 Å². The van der Waals surface area contributed by atoms with Crippen molar-refractivity contribution in [1.29, 1.82) is 0 Å². The summed E-state index contributed by atoms with van der Waals surface area (Å²) < 4.78 is 5.09. The Kier molecular flexibility index (Phi) is 4.77. The van der Waals surface area contributed by atoms with Crippen LogP contribution in [-0.2, 0) is 16.1 Å². The molecule has 0 saturated carbocycles. The van der Waals surface area contributed by atoms with Crippen molar-refractivity contribution < 1.29 is 14.3 Å². The number of nitrogens with one attached hydrogen (secondary N) is 1. The van der Waals surface area contributed by atoms with Gasteiger partial charge in [-0.3, -0.25) is 9.59 Å². The number of amides is 2. The maximum absolute atomic E-state index is 12.4. The predicted molar refractivity (Wildman–Crippen MR) is 77.6 cm³/mol. The number of rotatable bonds is 5. The van der Waals surface area contributed by atoms with Crippen molar-refractivity contribution >= 4 is 11.8 Å². The van der Waals surface area contributed by atoms with Crippen molar-refractivity contribution in [1.82, 2.24) is 15.2 Å². The largest absolute Gasteiger partial charge is 0.481 e. The van der Waals surface area contributed by atoms with Gasteiger partial charge in [-0.15, -0.1) is 0 Å². The molecule has 1 fully saturated rings. The summed E-state index contributed by atoms with van der Waals surface area (Å²) in [4.78, 5) is 30.4. The molecule has 1 aromatic heterocycles. The molecular formula is C15H21N3O3. The Labute approximate surface area is 124 Å². The Morgan fingerprint density at radius 3 is 2.81 bits per heavy atom. The van der Waals surface area contributed by atoms with Gasteiger partial charge in [-0.2, -0.15) is 0 Å². The third-order valence-electron chi connectivity index (χ3n) is 3.58. The zero-order chi connectivity index (χ0) is 15.4. The molecule has 2 amide bonds. The van der Waals surface area contributed by atoms with E-state index in [2.05, 4.69) is 10.3 Å². The van der Waals surface area contributed by atoms with Crippen LogP contribution in [0.2, 0.25) is 0 Å². The monoisotopic (exact) mass is 291 g/mol. The number of pyridine rings is 1. The molecule has 2 unspecified atom stereocenters. The minimum atomic E-state index is -0.490. The van der Waals surface area contributed by atoms with Crippen molar-refractivity contribution in [3.05, 3.63) is 23.9 Å². The maximum atomic E-state index is 12.4. The van der Waals surface area contributed by atoms with Crippen LogP contribution in [0.15, 0.2) is 18.2 Å². The summed E-state index contributed by atoms with van der Waals surface area (Å²) in [6.45, 7) is 4.02.